The number of carbonyl (C=O) groups is 1. The Morgan fingerprint density at radius 2 is 1.45 bits per heavy atom. The molecule has 0 aromatic carbocycles. The van der Waals surface area contributed by atoms with E-state index in [0.29, 0.717) is 6.10 Å². The van der Waals surface area contributed by atoms with Crippen LogP contribution in [0.25, 0.3) is 0 Å². The van der Waals surface area contributed by atoms with E-state index in [2.05, 4.69) is 31.2 Å². The summed E-state index contributed by atoms with van der Waals surface area (Å²) in [5.74, 6) is -0.841. The number of aliphatic carboxylic acids is 1. The smallest absolute Gasteiger partial charge is 0.306 e. The highest BCUT2D eigenvalue weighted by molar-refractivity contribution is 5.67. The van der Waals surface area contributed by atoms with Gasteiger partial charge in [0.05, 0.1) is 18.6 Å². The van der Waals surface area contributed by atoms with Crippen LogP contribution < -0.4 is 0 Å². The fraction of sp³-hybridized carbons (Fsp3) is 0.808. The molecule has 0 aliphatic carbocycles. The van der Waals surface area contributed by atoms with Gasteiger partial charge in [-0.15, -0.1) is 0 Å². The second-order valence-electron chi connectivity index (χ2n) is 9.10. The van der Waals surface area contributed by atoms with Gasteiger partial charge in [0.15, 0.2) is 0 Å². The van der Waals surface area contributed by atoms with Gasteiger partial charge in [0.25, 0.3) is 0 Å². The first-order valence-electron chi connectivity index (χ1n) is 12.7. The predicted molar refractivity (Wildman–Crippen MR) is 124 cm³/mol. The normalized spacial score (nSPS) is 26.9. The Bertz CT molecular complexity index is 522. The Balaban J connectivity index is 1.40. The molecule has 31 heavy (non-hydrogen) atoms. The Morgan fingerprint density at radius 3 is 2.13 bits per heavy atom. The van der Waals surface area contributed by atoms with Crippen LogP contribution in [0, 0.1) is 0 Å². The van der Waals surface area contributed by atoms with Gasteiger partial charge < -0.3 is 9.84 Å². The van der Waals surface area contributed by atoms with Gasteiger partial charge in [-0.25, -0.2) is 9.78 Å². The predicted octanol–water partition coefficient (Wildman–Crippen LogP) is 6.91. The molecule has 2 heterocycles. The number of rotatable bonds is 16. The molecule has 2 rings (SSSR count). The van der Waals surface area contributed by atoms with Crippen molar-refractivity contribution >= 4 is 5.97 Å². The SMILES string of the molecule is CCCCC=CC=CCCCCCCCCC1CCC(C2CCC(CC(=O)O)OO2)O1. The van der Waals surface area contributed by atoms with Crippen molar-refractivity contribution in [3.63, 3.8) is 0 Å². The largest absolute Gasteiger partial charge is 0.481 e. The minimum Gasteiger partial charge on any atom is -0.481 e. The van der Waals surface area contributed by atoms with E-state index in [9.17, 15) is 4.79 Å². The van der Waals surface area contributed by atoms with E-state index in [1.807, 2.05) is 0 Å². The summed E-state index contributed by atoms with van der Waals surface area (Å²) in [6, 6.07) is 0. The quantitative estimate of drug-likeness (QED) is 0.162. The van der Waals surface area contributed by atoms with Crippen molar-refractivity contribution in [2.45, 2.75) is 134 Å². The number of hydrogen-bond acceptors (Lipinski definition) is 4. The molecule has 4 unspecified atom stereocenters. The Kier molecular flexibility index (Phi) is 13.9. The first-order valence-corrected chi connectivity index (χ1v) is 12.7. The number of hydrogen-bond donors (Lipinski definition) is 1. The van der Waals surface area contributed by atoms with Gasteiger partial charge >= 0.3 is 5.97 Å². The molecule has 0 aromatic heterocycles. The number of ether oxygens (including phenoxy) is 1. The molecule has 5 heteroatoms. The van der Waals surface area contributed by atoms with Crippen LogP contribution in [-0.4, -0.2) is 35.5 Å². The number of carboxylic acid groups (broad SMARTS) is 1. The minimum absolute atomic E-state index is 0.00797. The second-order valence-corrected chi connectivity index (χ2v) is 9.10. The van der Waals surface area contributed by atoms with E-state index in [1.54, 1.807) is 0 Å². The van der Waals surface area contributed by atoms with Crippen LogP contribution in [0.2, 0.25) is 0 Å². The molecule has 0 amide bonds. The third-order valence-corrected chi connectivity index (χ3v) is 6.30. The molecular formula is C26H44O5. The van der Waals surface area contributed by atoms with E-state index in [-0.39, 0.29) is 24.7 Å². The van der Waals surface area contributed by atoms with Crippen LogP contribution in [0.4, 0.5) is 0 Å². The van der Waals surface area contributed by atoms with Gasteiger partial charge in [0.1, 0.15) is 12.2 Å². The van der Waals surface area contributed by atoms with E-state index in [1.165, 1.54) is 64.2 Å². The van der Waals surface area contributed by atoms with Crippen molar-refractivity contribution < 1.29 is 24.4 Å². The molecule has 2 fully saturated rings. The van der Waals surface area contributed by atoms with Crippen molar-refractivity contribution in [2.24, 2.45) is 0 Å². The zero-order valence-corrected chi connectivity index (χ0v) is 19.5. The maximum Gasteiger partial charge on any atom is 0.306 e. The van der Waals surface area contributed by atoms with Crippen LogP contribution in [-0.2, 0) is 19.3 Å². The number of carboxylic acids is 1. The fourth-order valence-corrected chi connectivity index (χ4v) is 4.41. The second kappa shape index (κ2) is 16.5. The van der Waals surface area contributed by atoms with Crippen LogP contribution >= 0.6 is 0 Å². The van der Waals surface area contributed by atoms with Crippen LogP contribution in [0.3, 0.4) is 0 Å². The summed E-state index contributed by atoms with van der Waals surface area (Å²) in [4.78, 5) is 21.5. The van der Waals surface area contributed by atoms with Crippen LogP contribution in [0.1, 0.15) is 110 Å². The molecule has 0 bridgehead atoms. The Labute approximate surface area is 189 Å². The lowest BCUT2D eigenvalue weighted by Gasteiger charge is -2.30. The maximum absolute atomic E-state index is 10.8. The lowest BCUT2D eigenvalue weighted by atomic mass is 10.0. The van der Waals surface area contributed by atoms with Gasteiger partial charge in [-0.2, -0.15) is 0 Å². The summed E-state index contributed by atoms with van der Waals surface area (Å²) in [5, 5.41) is 8.84. The van der Waals surface area contributed by atoms with Crippen molar-refractivity contribution in [1.82, 2.24) is 0 Å². The van der Waals surface area contributed by atoms with Crippen LogP contribution in [0.5, 0.6) is 0 Å². The van der Waals surface area contributed by atoms with Crippen LogP contribution in [0.15, 0.2) is 24.3 Å². The zero-order chi connectivity index (χ0) is 22.2. The highest BCUT2D eigenvalue weighted by atomic mass is 17.2. The number of allylic oxidation sites excluding steroid dienone is 4. The molecule has 0 aromatic rings. The standard InChI is InChI=1S/C26H44O5/c1-2-3-4-5-6-7-8-9-10-11-12-13-14-15-16-22-17-19-24(29-22)25-20-18-23(30-31-25)21-26(27)28/h5-8,22-25H,2-4,9-21H2,1H3,(H,27,28). The van der Waals surface area contributed by atoms with E-state index < -0.39 is 5.97 Å². The monoisotopic (exact) mass is 436 g/mol. The molecule has 4 atom stereocenters. The van der Waals surface area contributed by atoms with E-state index >= 15 is 0 Å². The first kappa shape index (κ1) is 26.1. The van der Waals surface area contributed by atoms with Crippen molar-refractivity contribution in [1.29, 1.82) is 0 Å². The summed E-state index contributed by atoms with van der Waals surface area (Å²) in [6.07, 6.45) is 26.6. The maximum atomic E-state index is 10.8. The van der Waals surface area contributed by atoms with Crippen molar-refractivity contribution in [3.05, 3.63) is 24.3 Å². The van der Waals surface area contributed by atoms with Gasteiger partial charge in [-0.05, 0) is 51.4 Å². The molecular weight excluding hydrogens is 392 g/mol. The average Bonchev–Trinajstić information content (AvgIpc) is 3.23. The van der Waals surface area contributed by atoms with Gasteiger partial charge in [0, 0.05) is 0 Å². The molecule has 1 N–H and O–H groups in total. The molecule has 5 nitrogen and oxygen atoms in total. The average molecular weight is 437 g/mol. The first-order chi connectivity index (χ1) is 15.2. The van der Waals surface area contributed by atoms with Crippen molar-refractivity contribution in [3.8, 4) is 0 Å². The topological polar surface area (TPSA) is 65.0 Å². The third-order valence-electron chi connectivity index (χ3n) is 6.30. The summed E-state index contributed by atoms with van der Waals surface area (Å²) in [5.41, 5.74) is 0. The summed E-state index contributed by atoms with van der Waals surface area (Å²) < 4.78 is 6.20. The Morgan fingerprint density at radius 1 is 0.806 bits per heavy atom. The number of unbranched alkanes of at least 4 members (excludes halogenated alkanes) is 8. The molecule has 178 valence electrons. The van der Waals surface area contributed by atoms with Crippen molar-refractivity contribution in [2.75, 3.05) is 0 Å². The third kappa shape index (κ3) is 11.9. The molecule has 0 saturated carbocycles. The lowest BCUT2D eigenvalue weighted by molar-refractivity contribution is -0.385. The molecule has 2 saturated heterocycles. The highest BCUT2D eigenvalue weighted by Gasteiger charge is 2.36. The highest BCUT2D eigenvalue weighted by Crippen LogP contribution is 2.31. The molecule has 0 radical (unpaired) electrons. The molecule has 0 spiro atoms. The van der Waals surface area contributed by atoms with Gasteiger partial charge in [0.2, 0.25) is 0 Å². The fourth-order valence-electron chi connectivity index (χ4n) is 4.41. The summed E-state index contributed by atoms with van der Waals surface area (Å²) in [6.45, 7) is 2.23. The zero-order valence-electron chi connectivity index (χ0n) is 19.5. The van der Waals surface area contributed by atoms with E-state index in [4.69, 9.17) is 19.6 Å². The molecule has 2 aliphatic heterocycles. The lowest BCUT2D eigenvalue weighted by Crippen LogP contribution is -2.37. The summed E-state index contributed by atoms with van der Waals surface area (Å²) in [7, 11) is 0. The Hall–Kier alpha value is -1.17. The molecule has 2 aliphatic rings. The van der Waals surface area contributed by atoms with Gasteiger partial charge in [-0.1, -0.05) is 76.2 Å². The van der Waals surface area contributed by atoms with Gasteiger partial charge in [-0.3, -0.25) is 4.79 Å². The summed E-state index contributed by atoms with van der Waals surface area (Å²) >= 11 is 0. The minimum atomic E-state index is -0.841. The van der Waals surface area contributed by atoms with E-state index in [0.717, 1.165) is 32.1 Å².